The number of anilines is 1. The Balaban J connectivity index is 2.18. The number of aliphatic hydroxyl groups excluding tert-OH is 1. The number of rotatable bonds is 5. The highest BCUT2D eigenvalue weighted by atomic mass is 35.5. The van der Waals surface area contributed by atoms with Gasteiger partial charge < -0.3 is 21.3 Å². The summed E-state index contributed by atoms with van der Waals surface area (Å²) in [6.45, 7) is 3.54. The van der Waals surface area contributed by atoms with Crippen molar-refractivity contribution in [1.29, 1.82) is 0 Å². The Morgan fingerprint density at radius 3 is 2.78 bits per heavy atom. The SMILES string of the molecule is CC(C)(CCC(O)c1cc(Cl)c2cnc(N)cc2c1)NC(=O)O. The molecule has 6 nitrogen and oxygen atoms in total. The van der Waals surface area contributed by atoms with Crippen molar-refractivity contribution in [3.8, 4) is 0 Å². The van der Waals surface area contributed by atoms with E-state index in [1.165, 1.54) is 0 Å². The van der Waals surface area contributed by atoms with Gasteiger partial charge in [0.2, 0.25) is 0 Å². The van der Waals surface area contributed by atoms with Crippen molar-refractivity contribution < 1.29 is 15.0 Å². The molecular weight excluding hydrogens is 318 g/mol. The van der Waals surface area contributed by atoms with E-state index in [1.54, 1.807) is 32.2 Å². The van der Waals surface area contributed by atoms with Crippen molar-refractivity contribution in [2.45, 2.75) is 38.3 Å². The average molecular weight is 338 g/mol. The van der Waals surface area contributed by atoms with Crippen LogP contribution in [0.3, 0.4) is 0 Å². The van der Waals surface area contributed by atoms with Gasteiger partial charge in [-0.15, -0.1) is 0 Å². The van der Waals surface area contributed by atoms with Gasteiger partial charge in [0.05, 0.1) is 11.1 Å². The number of amides is 1. The molecule has 0 radical (unpaired) electrons. The van der Waals surface area contributed by atoms with E-state index in [2.05, 4.69) is 10.3 Å². The van der Waals surface area contributed by atoms with Crippen LogP contribution >= 0.6 is 11.6 Å². The molecule has 0 fully saturated rings. The second-order valence-electron chi connectivity index (χ2n) is 6.20. The molecular formula is C16H20ClN3O3. The maximum atomic E-state index is 10.7. The van der Waals surface area contributed by atoms with Crippen LogP contribution in [0.2, 0.25) is 5.02 Å². The lowest BCUT2D eigenvalue weighted by Crippen LogP contribution is -2.42. The molecule has 1 atom stereocenters. The first-order valence-corrected chi connectivity index (χ1v) is 7.59. The third-order valence-corrected chi connectivity index (χ3v) is 4.02. The van der Waals surface area contributed by atoms with E-state index in [0.717, 1.165) is 10.8 Å². The number of halogens is 1. The first-order chi connectivity index (χ1) is 10.7. The molecule has 0 saturated heterocycles. The molecule has 0 aliphatic carbocycles. The molecule has 5 N–H and O–H groups in total. The smallest absolute Gasteiger partial charge is 0.405 e. The van der Waals surface area contributed by atoms with Crippen LogP contribution in [0.15, 0.2) is 24.4 Å². The molecule has 7 heteroatoms. The fraction of sp³-hybridized carbons (Fsp3) is 0.375. The van der Waals surface area contributed by atoms with Crippen molar-refractivity contribution in [3.63, 3.8) is 0 Å². The van der Waals surface area contributed by atoms with Gasteiger partial charge in [-0.3, -0.25) is 0 Å². The summed E-state index contributed by atoms with van der Waals surface area (Å²) < 4.78 is 0. The van der Waals surface area contributed by atoms with Crippen molar-refractivity contribution in [3.05, 3.63) is 35.0 Å². The molecule has 1 heterocycles. The zero-order valence-corrected chi connectivity index (χ0v) is 13.8. The lowest BCUT2D eigenvalue weighted by atomic mass is 9.93. The van der Waals surface area contributed by atoms with E-state index in [0.29, 0.717) is 29.2 Å². The molecule has 1 unspecified atom stereocenters. The number of aromatic nitrogens is 1. The van der Waals surface area contributed by atoms with Crippen LogP contribution in [-0.4, -0.2) is 26.8 Å². The summed E-state index contributed by atoms with van der Waals surface area (Å²) in [7, 11) is 0. The number of carboxylic acid groups (broad SMARTS) is 1. The van der Waals surface area contributed by atoms with E-state index in [9.17, 15) is 9.90 Å². The predicted octanol–water partition coefficient (Wildman–Crippen LogP) is 3.33. The highest BCUT2D eigenvalue weighted by molar-refractivity contribution is 6.35. The second-order valence-corrected chi connectivity index (χ2v) is 6.61. The zero-order chi connectivity index (χ0) is 17.2. The van der Waals surface area contributed by atoms with Crippen LogP contribution in [0.1, 0.15) is 38.4 Å². The number of hydrogen-bond acceptors (Lipinski definition) is 4. The normalized spacial score (nSPS) is 13.0. The number of hydrogen-bond donors (Lipinski definition) is 4. The molecule has 0 saturated carbocycles. The Hall–Kier alpha value is -2.05. The number of carbonyl (C=O) groups is 1. The molecule has 0 bridgehead atoms. The third-order valence-electron chi connectivity index (χ3n) is 3.70. The molecule has 1 aromatic heterocycles. The summed E-state index contributed by atoms with van der Waals surface area (Å²) in [5, 5.41) is 23.7. The number of pyridine rings is 1. The Bertz CT molecular complexity index is 734. The first kappa shape index (κ1) is 17.3. The molecule has 2 rings (SSSR count). The van der Waals surface area contributed by atoms with Gasteiger partial charge in [0, 0.05) is 17.1 Å². The summed E-state index contributed by atoms with van der Waals surface area (Å²) in [6.07, 6.45) is 0.648. The van der Waals surface area contributed by atoms with E-state index in [-0.39, 0.29) is 0 Å². The first-order valence-electron chi connectivity index (χ1n) is 7.22. The number of benzene rings is 1. The van der Waals surface area contributed by atoms with Crippen molar-refractivity contribution >= 4 is 34.3 Å². The van der Waals surface area contributed by atoms with E-state index in [1.807, 2.05) is 6.07 Å². The van der Waals surface area contributed by atoms with Crippen LogP contribution in [0.5, 0.6) is 0 Å². The lowest BCUT2D eigenvalue weighted by Gasteiger charge is -2.26. The Morgan fingerprint density at radius 2 is 2.13 bits per heavy atom. The van der Waals surface area contributed by atoms with Crippen LogP contribution in [0.4, 0.5) is 10.6 Å². The monoisotopic (exact) mass is 337 g/mol. The van der Waals surface area contributed by atoms with Crippen LogP contribution in [-0.2, 0) is 0 Å². The fourth-order valence-electron chi connectivity index (χ4n) is 2.46. The van der Waals surface area contributed by atoms with Crippen molar-refractivity contribution in [1.82, 2.24) is 10.3 Å². The number of nitrogens with two attached hydrogens (primary N) is 1. The minimum atomic E-state index is -1.08. The third kappa shape index (κ3) is 4.46. The van der Waals surface area contributed by atoms with Gasteiger partial charge >= 0.3 is 6.09 Å². The molecule has 0 aliphatic heterocycles. The second kappa shape index (κ2) is 6.60. The Morgan fingerprint density at radius 1 is 1.43 bits per heavy atom. The van der Waals surface area contributed by atoms with Crippen molar-refractivity contribution in [2.24, 2.45) is 0 Å². The molecule has 0 aliphatic rings. The van der Waals surface area contributed by atoms with Gasteiger partial charge in [0.15, 0.2) is 0 Å². The van der Waals surface area contributed by atoms with Gasteiger partial charge in [-0.2, -0.15) is 0 Å². The number of nitrogens with zero attached hydrogens (tertiary/aromatic N) is 1. The maximum Gasteiger partial charge on any atom is 0.405 e. The van der Waals surface area contributed by atoms with Crippen LogP contribution in [0, 0.1) is 0 Å². The summed E-state index contributed by atoms with van der Waals surface area (Å²) >= 11 is 6.24. The average Bonchev–Trinajstić information content (AvgIpc) is 2.42. The highest BCUT2D eigenvalue weighted by Gasteiger charge is 2.22. The highest BCUT2D eigenvalue weighted by Crippen LogP contribution is 2.31. The van der Waals surface area contributed by atoms with Crippen LogP contribution in [0.25, 0.3) is 10.8 Å². The number of nitrogens with one attached hydrogen (secondary N) is 1. The molecule has 0 spiro atoms. The predicted molar refractivity (Wildman–Crippen MR) is 90.6 cm³/mol. The van der Waals surface area contributed by atoms with Gasteiger partial charge in [0.25, 0.3) is 0 Å². The maximum absolute atomic E-state index is 10.7. The topological polar surface area (TPSA) is 108 Å². The largest absolute Gasteiger partial charge is 0.465 e. The molecule has 23 heavy (non-hydrogen) atoms. The van der Waals surface area contributed by atoms with E-state index < -0.39 is 17.7 Å². The Labute approximate surface area is 139 Å². The summed E-state index contributed by atoms with van der Waals surface area (Å²) in [4.78, 5) is 14.7. The van der Waals surface area contributed by atoms with Crippen molar-refractivity contribution in [2.75, 3.05) is 5.73 Å². The summed E-state index contributed by atoms with van der Waals surface area (Å²) in [6, 6.07) is 5.22. The minimum absolute atomic E-state index is 0.381. The number of fused-ring (bicyclic) bond motifs is 1. The molecule has 1 aromatic carbocycles. The van der Waals surface area contributed by atoms with E-state index in [4.69, 9.17) is 22.4 Å². The Kier molecular flexibility index (Phi) is 4.97. The van der Waals surface area contributed by atoms with Gasteiger partial charge in [-0.25, -0.2) is 9.78 Å². The van der Waals surface area contributed by atoms with Crippen LogP contribution < -0.4 is 11.1 Å². The van der Waals surface area contributed by atoms with Gasteiger partial charge in [0.1, 0.15) is 5.82 Å². The molecule has 2 aromatic rings. The fourth-order valence-corrected chi connectivity index (χ4v) is 2.74. The standard InChI is InChI=1S/C16H20ClN3O3/c1-16(2,20-15(22)23)4-3-13(21)10-5-9-7-14(18)19-8-11(9)12(17)6-10/h5-8,13,20-21H,3-4H2,1-2H3,(H2,18,19)(H,22,23). The van der Waals surface area contributed by atoms with Gasteiger partial charge in [-0.1, -0.05) is 11.6 Å². The lowest BCUT2D eigenvalue weighted by molar-refractivity contribution is 0.145. The summed E-state index contributed by atoms with van der Waals surface area (Å²) in [5.41, 5.74) is 5.72. The van der Waals surface area contributed by atoms with Gasteiger partial charge in [-0.05, 0) is 55.8 Å². The number of aliphatic hydroxyl groups is 1. The molecule has 1 amide bonds. The minimum Gasteiger partial charge on any atom is -0.465 e. The molecule has 124 valence electrons. The zero-order valence-electron chi connectivity index (χ0n) is 13.0. The van der Waals surface area contributed by atoms with E-state index >= 15 is 0 Å². The quantitative estimate of drug-likeness (QED) is 0.669. The summed E-state index contributed by atoms with van der Waals surface area (Å²) in [5.74, 6) is 0.381. The number of nitrogen functional groups attached to an aromatic ring is 1.